The van der Waals surface area contributed by atoms with E-state index in [9.17, 15) is 13.2 Å². The van der Waals surface area contributed by atoms with E-state index < -0.39 is 29.0 Å². The molecule has 2 N–H and O–H groups in total. The van der Waals surface area contributed by atoms with Gasteiger partial charge in [-0.25, -0.2) is 4.39 Å². The van der Waals surface area contributed by atoms with Gasteiger partial charge in [0.05, 0.1) is 6.42 Å². The molecule has 3 nitrogen and oxygen atoms in total. The van der Waals surface area contributed by atoms with Crippen LogP contribution < -0.4 is 0 Å². The summed E-state index contributed by atoms with van der Waals surface area (Å²) in [5, 5.41) is 9.42. The van der Waals surface area contributed by atoms with E-state index in [0.717, 1.165) is 0 Å². The first-order valence-corrected chi connectivity index (χ1v) is 3.87. The number of halogens is 5. The Hall–Kier alpha value is 0.250. The fourth-order valence-electron chi connectivity index (χ4n) is 0.707. The third kappa shape index (κ3) is 2.19. The summed E-state index contributed by atoms with van der Waals surface area (Å²) in [4.78, 5) is 0. The normalized spacial score (nSPS) is 38.5. The molecule has 1 saturated heterocycles. The Balaban J connectivity index is 2.63. The molecule has 1 rings (SSSR count). The number of alkyl halides is 5. The molecule has 0 aromatic rings. The monoisotopic (exact) mass is 240 g/mol. The van der Waals surface area contributed by atoms with Crippen molar-refractivity contribution in [1.82, 2.24) is 0 Å². The molecular formula is C5H5Cl2F3O3. The molecule has 0 spiro atoms. The summed E-state index contributed by atoms with van der Waals surface area (Å²) in [5.74, 6) is -2.37. The Morgan fingerprint density at radius 3 is 2.00 bits per heavy atom. The molecule has 0 aromatic carbocycles. The van der Waals surface area contributed by atoms with Gasteiger partial charge in [-0.3, -0.25) is 0 Å². The van der Waals surface area contributed by atoms with Crippen LogP contribution in [-0.2, 0) is 4.74 Å². The van der Waals surface area contributed by atoms with Crippen molar-refractivity contribution < 1.29 is 28.1 Å². The average molecular weight is 241 g/mol. The lowest BCUT2D eigenvalue weighted by atomic mass is 10.2. The highest BCUT2D eigenvalue weighted by molar-refractivity contribution is 6.32. The van der Waals surface area contributed by atoms with Crippen molar-refractivity contribution in [2.75, 3.05) is 0 Å². The van der Waals surface area contributed by atoms with Gasteiger partial charge in [0.1, 0.15) is 0 Å². The number of aliphatic hydroxyl groups is 2. The molecule has 0 amide bonds. The Kier molecular flexibility index (Phi) is 2.50. The molecule has 0 aromatic heterocycles. The molecule has 0 bridgehead atoms. The van der Waals surface area contributed by atoms with E-state index in [1.54, 1.807) is 0 Å². The van der Waals surface area contributed by atoms with Gasteiger partial charge in [0.25, 0.3) is 5.13 Å². The minimum Gasteiger partial charge on any atom is -0.364 e. The third-order valence-corrected chi connectivity index (χ3v) is 2.30. The van der Waals surface area contributed by atoms with Crippen molar-refractivity contribution in [2.45, 2.75) is 29.0 Å². The van der Waals surface area contributed by atoms with Crippen LogP contribution in [0.5, 0.6) is 0 Å². The highest BCUT2D eigenvalue weighted by atomic mass is 35.5. The smallest absolute Gasteiger partial charge is 0.364 e. The first kappa shape index (κ1) is 11.3. The second kappa shape index (κ2) is 2.87. The molecule has 0 aliphatic carbocycles. The van der Waals surface area contributed by atoms with Crippen molar-refractivity contribution in [2.24, 2.45) is 0 Å². The van der Waals surface area contributed by atoms with Crippen molar-refractivity contribution in [3.05, 3.63) is 0 Å². The number of rotatable bonds is 3. The summed E-state index contributed by atoms with van der Waals surface area (Å²) in [7, 11) is 0. The second-order valence-corrected chi connectivity index (χ2v) is 3.77. The summed E-state index contributed by atoms with van der Waals surface area (Å²) in [6, 6.07) is 0. The van der Waals surface area contributed by atoms with E-state index in [1.807, 2.05) is 0 Å². The number of hydrogen-bond acceptors (Lipinski definition) is 3. The van der Waals surface area contributed by atoms with E-state index in [-0.39, 0.29) is 0 Å². The number of epoxide rings is 1. The zero-order valence-corrected chi connectivity index (χ0v) is 7.49. The van der Waals surface area contributed by atoms with Crippen LogP contribution in [0.3, 0.4) is 0 Å². The average Bonchev–Trinajstić information content (AvgIpc) is 2.34. The van der Waals surface area contributed by atoms with Gasteiger partial charge in [-0.15, -0.1) is 0 Å². The van der Waals surface area contributed by atoms with E-state index >= 15 is 0 Å². The van der Waals surface area contributed by atoms with Crippen LogP contribution in [0, 0.1) is 0 Å². The summed E-state index contributed by atoms with van der Waals surface area (Å²) in [6.45, 7) is 0. The Morgan fingerprint density at radius 1 is 1.38 bits per heavy atom. The van der Waals surface area contributed by atoms with Crippen molar-refractivity contribution in [3.8, 4) is 0 Å². The highest BCUT2D eigenvalue weighted by Gasteiger charge is 2.65. The zero-order valence-electron chi connectivity index (χ0n) is 5.98. The molecule has 1 fully saturated rings. The van der Waals surface area contributed by atoms with Crippen molar-refractivity contribution >= 4 is 23.2 Å². The van der Waals surface area contributed by atoms with Gasteiger partial charge < -0.3 is 14.9 Å². The lowest BCUT2D eigenvalue weighted by molar-refractivity contribution is -0.0754. The maximum Gasteiger partial charge on any atom is 0.369 e. The van der Waals surface area contributed by atoms with Gasteiger partial charge >= 0.3 is 5.38 Å². The lowest BCUT2D eigenvalue weighted by Crippen LogP contribution is -2.39. The van der Waals surface area contributed by atoms with Gasteiger partial charge in [0.15, 0.2) is 0 Å². The minimum absolute atomic E-state index is 1.32. The van der Waals surface area contributed by atoms with E-state index in [0.29, 0.717) is 0 Å². The van der Waals surface area contributed by atoms with Gasteiger partial charge in [-0.2, -0.15) is 8.78 Å². The predicted octanol–water partition coefficient (Wildman–Crippen LogP) is 1.15. The van der Waals surface area contributed by atoms with Gasteiger partial charge in [-0.1, -0.05) is 11.6 Å². The number of hydrogen-bond donors (Lipinski definition) is 2. The molecule has 1 heterocycles. The maximum atomic E-state index is 12.8. The summed E-state index contributed by atoms with van der Waals surface area (Å²) >= 11 is 9.02. The SMILES string of the molecule is OC1OC1(O)CC(F)(Cl)C(F)(F)Cl. The Bertz CT molecular complexity index is 220. The van der Waals surface area contributed by atoms with Crippen LogP contribution >= 0.6 is 23.2 Å². The molecule has 0 radical (unpaired) electrons. The van der Waals surface area contributed by atoms with Gasteiger partial charge in [-0.05, 0) is 11.6 Å². The third-order valence-electron chi connectivity index (χ3n) is 1.53. The number of aliphatic hydroxyl groups excluding tert-OH is 1. The van der Waals surface area contributed by atoms with Crippen LogP contribution in [0.25, 0.3) is 0 Å². The molecule has 1 aliphatic rings. The standard InChI is InChI=1S/C5H5Cl2F3O3/c6-4(8,5(7,9)10)1-3(12)2(11)13-3/h2,11-12H,1H2. The Morgan fingerprint density at radius 2 is 1.77 bits per heavy atom. The minimum atomic E-state index is -4.35. The van der Waals surface area contributed by atoms with Gasteiger partial charge in [0, 0.05) is 0 Å². The fourth-order valence-corrected chi connectivity index (χ4v) is 0.965. The van der Waals surface area contributed by atoms with E-state index in [1.165, 1.54) is 0 Å². The Labute approximate surface area is 81.0 Å². The van der Waals surface area contributed by atoms with Crippen LogP contribution in [0.4, 0.5) is 13.2 Å². The summed E-state index contributed by atoms with van der Waals surface area (Å²) in [5.41, 5.74) is 0. The van der Waals surface area contributed by atoms with Crippen molar-refractivity contribution in [3.63, 3.8) is 0 Å². The molecule has 1 aliphatic heterocycles. The quantitative estimate of drug-likeness (QED) is 0.575. The van der Waals surface area contributed by atoms with E-state index in [2.05, 4.69) is 16.3 Å². The predicted molar refractivity (Wildman–Crippen MR) is 37.2 cm³/mol. The largest absolute Gasteiger partial charge is 0.369 e. The van der Waals surface area contributed by atoms with Crippen LogP contribution in [0.15, 0.2) is 0 Å². The fraction of sp³-hybridized carbons (Fsp3) is 1.00. The van der Waals surface area contributed by atoms with Crippen LogP contribution in [-0.4, -0.2) is 32.8 Å². The highest BCUT2D eigenvalue weighted by Crippen LogP contribution is 2.49. The topological polar surface area (TPSA) is 53.0 Å². The number of ether oxygens (including phenoxy) is 1. The molecule has 13 heavy (non-hydrogen) atoms. The van der Waals surface area contributed by atoms with Crippen LogP contribution in [0.2, 0.25) is 0 Å². The molecule has 78 valence electrons. The van der Waals surface area contributed by atoms with Crippen LogP contribution in [0.1, 0.15) is 6.42 Å². The molecule has 0 saturated carbocycles. The van der Waals surface area contributed by atoms with E-state index in [4.69, 9.17) is 21.8 Å². The first-order chi connectivity index (χ1) is 5.58. The van der Waals surface area contributed by atoms with Crippen molar-refractivity contribution in [1.29, 1.82) is 0 Å². The summed E-state index contributed by atoms with van der Waals surface area (Å²) < 4.78 is 41.3. The molecule has 3 unspecified atom stereocenters. The summed E-state index contributed by atoms with van der Waals surface area (Å²) in [6.07, 6.45) is -3.03. The molecule has 8 heteroatoms. The lowest BCUT2D eigenvalue weighted by Gasteiger charge is -2.23. The second-order valence-electron chi connectivity index (χ2n) is 2.69. The first-order valence-electron chi connectivity index (χ1n) is 3.11. The maximum absolute atomic E-state index is 12.8. The molecular weight excluding hydrogens is 236 g/mol. The zero-order chi connectivity index (χ0) is 10.5. The molecule has 3 atom stereocenters. The van der Waals surface area contributed by atoms with Gasteiger partial charge in [0.2, 0.25) is 12.1 Å².